The Kier molecular flexibility index (Phi) is 5.97. The largest absolute Gasteiger partial charge is 0.469 e. The highest BCUT2D eigenvalue weighted by Crippen LogP contribution is 2.24. The molecule has 17 heavy (non-hydrogen) atoms. The van der Waals surface area contributed by atoms with Crippen molar-refractivity contribution in [2.24, 2.45) is 5.41 Å². The van der Waals surface area contributed by atoms with Crippen LogP contribution in [-0.2, 0) is 19.1 Å². The molecule has 0 saturated carbocycles. The lowest BCUT2D eigenvalue weighted by Gasteiger charge is -2.24. The van der Waals surface area contributed by atoms with Crippen LogP contribution in [-0.4, -0.2) is 25.2 Å². The number of carbonyl (C=O) groups is 2. The topological polar surface area (TPSA) is 57.0 Å². The molecule has 0 aromatic rings. The Morgan fingerprint density at radius 3 is 2.35 bits per heavy atom. The van der Waals surface area contributed by atoms with E-state index in [-0.39, 0.29) is 18.9 Å². The van der Waals surface area contributed by atoms with Crippen molar-refractivity contribution in [1.29, 1.82) is 0 Å². The maximum atomic E-state index is 11.7. The molecule has 0 aromatic carbocycles. The molecule has 0 N–H and O–H groups in total. The zero-order valence-electron chi connectivity index (χ0n) is 10.4. The first-order valence-corrected chi connectivity index (χ1v) is 5.32. The minimum atomic E-state index is -0.881. The van der Waals surface area contributed by atoms with Crippen LogP contribution < -0.4 is 0 Å². The standard InChI is InChI=1S/C12H17NO4/c1-6-12(4,11(15)16-7-2)8-17-10(14)9(3)13-5/h3,6-8H2,1-2,4H3. The maximum Gasteiger partial charge on any atom is 0.335 e. The summed E-state index contributed by atoms with van der Waals surface area (Å²) in [5.41, 5.74) is -1.18. The van der Waals surface area contributed by atoms with Gasteiger partial charge in [-0.05, 0) is 20.3 Å². The molecule has 0 bridgehead atoms. The van der Waals surface area contributed by atoms with Crippen LogP contribution >= 0.6 is 0 Å². The molecule has 94 valence electrons. The molecule has 0 aliphatic heterocycles. The lowest BCUT2D eigenvalue weighted by atomic mass is 9.89. The van der Waals surface area contributed by atoms with Gasteiger partial charge >= 0.3 is 11.9 Å². The van der Waals surface area contributed by atoms with Crippen molar-refractivity contribution in [2.75, 3.05) is 13.2 Å². The van der Waals surface area contributed by atoms with Crippen molar-refractivity contribution in [3.05, 3.63) is 23.7 Å². The first-order chi connectivity index (χ1) is 7.91. The minimum Gasteiger partial charge on any atom is -0.469 e. The lowest BCUT2D eigenvalue weighted by Crippen LogP contribution is -2.35. The van der Waals surface area contributed by atoms with Crippen molar-refractivity contribution in [1.82, 2.24) is 0 Å². The van der Waals surface area contributed by atoms with Gasteiger partial charge in [-0.3, -0.25) is 9.59 Å². The second-order valence-electron chi connectivity index (χ2n) is 3.77. The summed E-state index contributed by atoms with van der Waals surface area (Å²) in [6, 6.07) is 0. The molecular formula is C12H17NO4. The molecule has 5 heteroatoms. The first-order valence-electron chi connectivity index (χ1n) is 5.32. The number of carbonyl (C=O) groups excluding carboxylic acids is 2. The van der Waals surface area contributed by atoms with Gasteiger partial charge in [0.1, 0.15) is 6.61 Å². The Hall–Kier alpha value is -1.83. The summed E-state index contributed by atoms with van der Waals surface area (Å²) in [7, 11) is 0. The summed E-state index contributed by atoms with van der Waals surface area (Å²) >= 11 is 0. The van der Waals surface area contributed by atoms with E-state index < -0.39 is 17.4 Å². The van der Waals surface area contributed by atoms with E-state index in [4.69, 9.17) is 16.0 Å². The van der Waals surface area contributed by atoms with Crippen LogP contribution in [0.25, 0.3) is 4.85 Å². The molecule has 0 aliphatic carbocycles. The zero-order valence-corrected chi connectivity index (χ0v) is 10.4. The monoisotopic (exact) mass is 239 g/mol. The summed E-state index contributed by atoms with van der Waals surface area (Å²) in [5, 5.41) is 0. The van der Waals surface area contributed by atoms with E-state index in [0.29, 0.717) is 6.42 Å². The summed E-state index contributed by atoms with van der Waals surface area (Å²) in [5.74, 6) is -1.22. The molecule has 0 aliphatic rings. The van der Waals surface area contributed by atoms with Crippen LogP contribution in [0.3, 0.4) is 0 Å². The highest BCUT2D eigenvalue weighted by Gasteiger charge is 2.34. The van der Waals surface area contributed by atoms with Crippen molar-refractivity contribution in [3.8, 4) is 0 Å². The van der Waals surface area contributed by atoms with Gasteiger partial charge in [0.2, 0.25) is 0 Å². The molecule has 1 unspecified atom stereocenters. The molecule has 0 heterocycles. The maximum absolute atomic E-state index is 11.7. The molecule has 0 radical (unpaired) electrons. The Balaban J connectivity index is 4.51. The van der Waals surface area contributed by atoms with Crippen molar-refractivity contribution >= 4 is 11.9 Å². The fraction of sp³-hybridized carbons (Fsp3) is 0.583. The average Bonchev–Trinajstić information content (AvgIpc) is 2.34. The van der Waals surface area contributed by atoms with E-state index in [9.17, 15) is 9.59 Å². The highest BCUT2D eigenvalue weighted by molar-refractivity contribution is 5.89. The molecule has 0 spiro atoms. The van der Waals surface area contributed by atoms with Crippen LogP contribution in [0, 0.1) is 12.0 Å². The third kappa shape index (κ3) is 4.27. The minimum absolute atomic E-state index is 0.115. The Labute approximate surface area is 101 Å². The number of rotatable bonds is 6. The summed E-state index contributed by atoms with van der Waals surface area (Å²) in [6.45, 7) is 15.2. The van der Waals surface area contributed by atoms with Crippen LogP contribution in [0.5, 0.6) is 0 Å². The van der Waals surface area contributed by atoms with Gasteiger partial charge in [0.25, 0.3) is 5.70 Å². The summed E-state index contributed by atoms with van der Waals surface area (Å²) in [6.07, 6.45) is 0.476. The van der Waals surface area contributed by atoms with Crippen molar-refractivity contribution in [3.63, 3.8) is 0 Å². The molecule has 0 rings (SSSR count). The predicted octanol–water partition coefficient (Wildman–Crippen LogP) is 1.94. The van der Waals surface area contributed by atoms with Gasteiger partial charge in [-0.1, -0.05) is 13.5 Å². The first kappa shape index (κ1) is 15.2. The normalized spacial score (nSPS) is 13.1. The highest BCUT2D eigenvalue weighted by atomic mass is 16.6. The smallest absolute Gasteiger partial charge is 0.335 e. The fourth-order valence-corrected chi connectivity index (χ4v) is 0.964. The van der Waals surface area contributed by atoms with Gasteiger partial charge in [0.15, 0.2) is 0 Å². The van der Waals surface area contributed by atoms with Gasteiger partial charge in [-0.15, -0.1) is 0 Å². The number of ether oxygens (including phenoxy) is 2. The Morgan fingerprint density at radius 1 is 1.35 bits per heavy atom. The van der Waals surface area contributed by atoms with E-state index in [1.165, 1.54) is 0 Å². The van der Waals surface area contributed by atoms with E-state index in [1.807, 2.05) is 0 Å². The van der Waals surface area contributed by atoms with Gasteiger partial charge < -0.3 is 9.47 Å². The van der Waals surface area contributed by atoms with Crippen LogP contribution in [0.15, 0.2) is 12.3 Å². The summed E-state index contributed by atoms with van der Waals surface area (Å²) < 4.78 is 9.77. The third-order valence-corrected chi connectivity index (χ3v) is 2.44. The number of esters is 2. The van der Waals surface area contributed by atoms with E-state index in [1.54, 1.807) is 20.8 Å². The fourth-order valence-electron chi connectivity index (χ4n) is 0.964. The van der Waals surface area contributed by atoms with Gasteiger partial charge in [0.05, 0.1) is 18.6 Å². The zero-order chi connectivity index (χ0) is 13.5. The number of hydrogen-bond donors (Lipinski definition) is 0. The SMILES string of the molecule is [C-]#[N+]C(=C)C(=O)OCC(C)(CC)C(=O)OCC. The Bertz CT molecular complexity index is 356. The molecule has 0 saturated heterocycles. The van der Waals surface area contributed by atoms with Crippen LogP contribution in [0.1, 0.15) is 27.2 Å². The van der Waals surface area contributed by atoms with E-state index in [0.717, 1.165) is 0 Å². The second kappa shape index (κ2) is 6.69. The van der Waals surface area contributed by atoms with Gasteiger partial charge in [-0.25, -0.2) is 4.85 Å². The van der Waals surface area contributed by atoms with Crippen molar-refractivity contribution < 1.29 is 19.1 Å². The molecule has 0 amide bonds. The molecule has 1 atom stereocenters. The van der Waals surface area contributed by atoms with Gasteiger partial charge in [0, 0.05) is 0 Å². The quantitative estimate of drug-likeness (QED) is 0.404. The molecule has 0 fully saturated rings. The second-order valence-corrected chi connectivity index (χ2v) is 3.77. The Morgan fingerprint density at radius 2 is 1.94 bits per heavy atom. The average molecular weight is 239 g/mol. The van der Waals surface area contributed by atoms with Crippen LogP contribution in [0.4, 0.5) is 0 Å². The predicted molar refractivity (Wildman–Crippen MR) is 61.7 cm³/mol. The van der Waals surface area contributed by atoms with Gasteiger partial charge in [-0.2, -0.15) is 0 Å². The third-order valence-electron chi connectivity index (χ3n) is 2.44. The number of nitrogens with zero attached hydrogens (tertiary/aromatic N) is 1. The van der Waals surface area contributed by atoms with Crippen molar-refractivity contribution in [2.45, 2.75) is 27.2 Å². The molecule has 0 aromatic heterocycles. The van der Waals surface area contributed by atoms with E-state index >= 15 is 0 Å². The molecule has 5 nitrogen and oxygen atoms in total. The van der Waals surface area contributed by atoms with Crippen LogP contribution in [0.2, 0.25) is 0 Å². The van der Waals surface area contributed by atoms with E-state index in [2.05, 4.69) is 11.4 Å². The lowest BCUT2D eigenvalue weighted by molar-refractivity contribution is -0.161. The number of hydrogen-bond acceptors (Lipinski definition) is 4. The molecular weight excluding hydrogens is 222 g/mol. The summed E-state index contributed by atoms with van der Waals surface area (Å²) in [4.78, 5) is 25.7.